The fraction of sp³-hybridized carbons (Fsp3) is 0.575. The van der Waals surface area contributed by atoms with E-state index in [1.165, 1.54) is 24.2 Å². The number of amides is 3. The maximum absolute atomic E-state index is 14.5. The third-order valence-electron chi connectivity index (χ3n) is 9.93. The summed E-state index contributed by atoms with van der Waals surface area (Å²) < 4.78 is 17.6. The molecule has 3 aromatic rings. The summed E-state index contributed by atoms with van der Waals surface area (Å²) in [4.78, 5) is 61.4. The lowest BCUT2D eigenvalue weighted by Crippen LogP contribution is -2.55. The van der Waals surface area contributed by atoms with E-state index >= 15 is 0 Å². The van der Waals surface area contributed by atoms with E-state index in [0.29, 0.717) is 62.3 Å². The van der Waals surface area contributed by atoms with Gasteiger partial charge in [0.1, 0.15) is 17.6 Å². The first-order valence-electron chi connectivity index (χ1n) is 19.0. The first kappa shape index (κ1) is 38.9. The molecule has 0 bridgehead atoms. The first-order valence-corrected chi connectivity index (χ1v) is 19.0. The number of rotatable bonds is 18. The molecular formula is C40H55N5O7. The van der Waals surface area contributed by atoms with Gasteiger partial charge in [-0.3, -0.25) is 14.4 Å². The van der Waals surface area contributed by atoms with Crippen LogP contribution in [0.3, 0.4) is 0 Å². The van der Waals surface area contributed by atoms with Crippen molar-refractivity contribution in [3.8, 4) is 0 Å². The van der Waals surface area contributed by atoms with Crippen molar-refractivity contribution in [3.05, 3.63) is 66.1 Å². The van der Waals surface area contributed by atoms with Gasteiger partial charge in [-0.15, -0.1) is 0 Å². The van der Waals surface area contributed by atoms with Crippen LogP contribution in [0.5, 0.6) is 0 Å². The summed E-state index contributed by atoms with van der Waals surface area (Å²) >= 11 is 0. The Bertz CT molecular complexity index is 1570. The summed E-state index contributed by atoms with van der Waals surface area (Å²) in [6.07, 6.45) is 7.40. The van der Waals surface area contributed by atoms with Crippen LogP contribution in [0.15, 0.2) is 59.0 Å². The Hall–Kier alpha value is -4.29. The van der Waals surface area contributed by atoms with Gasteiger partial charge in [0.05, 0.1) is 18.8 Å². The largest absolute Gasteiger partial charge is 0.449 e. The number of hydrogen-bond donors (Lipinski definition) is 3. The number of nitrogens with zero attached hydrogens (tertiary/aromatic N) is 2. The molecule has 3 amide bonds. The number of carbonyl (C=O) groups is 4. The summed E-state index contributed by atoms with van der Waals surface area (Å²) in [5.74, 6) is -0.832. The predicted molar refractivity (Wildman–Crippen MR) is 197 cm³/mol. The molecule has 4 N–H and O–H groups in total. The van der Waals surface area contributed by atoms with Gasteiger partial charge in [-0.1, -0.05) is 75.6 Å². The summed E-state index contributed by atoms with van der Waals surface area (Å²) in [5.41, 5.74) is 7.80. The molecular weight excluding hydrogens is 662 g/mol. The summed E-state index contributed by atoms with van der Waals surface area (Å²) in [5, 5.41) is 5.74. The Morgan fingerprint density at radius 1 is 0.942 bits per heavy atom. The Labute approximate surface area is 306 Å². The second kappa shape index (κ2) is 19.5. The third-order valence-corrected chi connectivity index (χ3v) is 9.93. The Morgan fingerprint density at radius 3 is 2.42 bits per heavy atom. The standard InChI is InChI=1S/C40H55N5O7/c1-27(2)25-51-40(49)44-33(21-20-28-13-5-3-6-14-28)39(48)45-24-30(50-26-29-15-7-4-8-16-29)23-34(45)37(47)42-32(18-11-12-22-41)36(46)38-43-31-17-9-10-19-35(31)52-38/h3,5-6,9-10,13-14,17,19,27,29-30,32-34H,4,7-8,11-12,15-16,18,20-26,41H2,1-2H3,(H,42,47)(H,44,49)/t30-,32+,33-,34+/m1/s1. The molecule has 1 aliphatic carbocycles. The highest BCUT2D eigenvalue weighted by Crippen LogP contribution is 2.28. The Kier molecular flexibility index (Phi) is 14.6. The molecule has 282 valence electrons. The number of unbranched alkanes of at least 4 members (excludes halogenated alkanes) is 1. The van der Waals surface area contributed by atoms with Crippen molar-refractivity contribution in [1.29, 1.82) is 0 Å². The highest BCUT2D eigenvalue weighted by Gasteiger charge is 2.44. The van der Waals surface area contributed by atoms with Gasteiger partial charge in [-0.2, -0.15) is 0 Å². The molecule has 12 nitrogen and oxygen atoms in total. The van der Waals surface area contributed by atoms with Crippen molar-refractivity contribution < 1.29 is 33.1 Å². The fourth-order valence-corrected chi connectivity index (χ4v) is 7.03. The third kappa shape index (κ3) is 11.1. The molecule has 0 unspecified atom stereocenters. The van der Waals surface area contributed by atoms with Gasteiger partial charge in [-0.05, 0) is 81.0 Å². The van der Waals surface area contributed by atoms with E-state index < -0.39 is 41.8 Å². The normalized spacial score (nSPS) is 19.0. The molecule has 12 heteroatoms. The number of nitrogens with one attached hydrogen (secondary N) is 2. The van der Waals surface area contributed by atoms with Crippen LogP contribution in [0, 0.1) is 11.8 Å². The number of alkyl carbamates (subject to hydrolysis) is 1. The maximum atomic E-state index is 14.5. The van der Waals surface area contributed by atoms with Gasteiger partial charge in [0.25, 0.3) is 5.89 Å². The zero-order valence-corrected chi connectivity index (χ0v) is 30.6. The number of nitrogens with two attached hydrogens (primary N) is 1. The molecule has 1 aromatic heterocycles. The molecule has 52 heavy (non-hydrogen) atoms. The summed E-state index contributed by atoms with van der Waals surface area (Å²) in [7, 11) is 0. The number of carbonyl (C=O) groups excluding carboxylic acids is 4. The fourth-order valence-electron chi connectivity index (χ4n) is 7.03. The lowest BCUT2D eigenvalue weighted by Gasteiger charge is -2.29. The van der Waals surface area contributed by atoms with Gasteiger partial charge < -0.3 is 35.2 Å². The zero-order valence-electron chi connectivity index (χ0n) is 30.6. The maximum Gasteiger partial charge on any atom is 0.407 e. The average Bonchev–Trinajstić information content (AvgIpc) is 3.80. The molecule has 0 radical (unpaired) electrons. The number of Topliss-reactive ketones (excluding diaryl/α,β-unsaturated/α-hetero) is 1. The molecule has 1 aliphatic heterocycles. The van der Waals surface area contributed by atoms with Crippen molar-refractivity contribution in [2.24, 2.45) is 17.6 Å². The number of oxazole rings is 1. The number of aryl methyl sites for hydroxylation is 1. The lowest BCUT2D eigenvalue weighted by atomic mass is 9.90. The zero-order chi connectivity index (χ0) is 36.9. The number of fused-ring (bicyclic) bond motifs is 1. The lowest BCUT2D eigenvalue weighted by molar-refractivity contribution is -0.140. The van der Waals surface area contributed by atoms with Gasteiger partial charge in [-0.25, -0.2) is 9.78 Å². The van der Waals surface area contributed by atoms with Crippen molar-refractivity contribution in [1.82, 2.24) is 20.5 Å². The van der Waals surface area contributed by atoms with Crippen LogP contribution >= 0.6 is 0 Å². The Morgan fingerprint density at radius 2 is 1.69 bits per heavy atom. The minimum atomic E-state index is -0.950. The topological polar surface area (TPSA) is 166 Å². The van der Waals surface area contributed by atoms with Crippen LogP contribution in [-0.4, -0.2) is 84.1 Å². The quantitative estimate of drug-likeness (QED) is 0.113. The van der Waals surface area contributed by atoms with Crippen molar-refractivity contribution in [2.45, 2.75) is 109 Å². The number of para-hydroxylation sites is 2. The number of aromatic nitrogens is 1. The SMILES string of the molecule is CC(C)COC(=O)N[C@H](CCc1ccccc1)C(=O)N1C[C@H](OCC2CCCCC2)C[C@H]1C(=O)N[C@@H](CCCCN)C(=O)c1nc2ccccc2o1. The second-order valence-corrected chi connectivity index (χ2v) is 14.6. The van der Waals surface area contributed by atoms with E-state index in [0.717, 1.165) is 18.4 Å². The number of hydrogen-bond acceptors (Lipinski definition) is 9. The van der Waals surface area contributed by atoms with Gasteiger partial charge >= 0.3 is 6.09 Å². The second-order valence-electron chi connectivity index (χ2n) is 14.6. The molecule has 2 fully saturated rings. The van der Waals surface area contributed by atoms with Crippen LogP contribution in [-0.2, 0) is 25.5 Å². The molecule has 1 saturated carbocycles. The van der Waals surface area contributed by atoms with E-state index in [1.54, 1.807) is 18.2 Å². The molecule has 1 saturated heterocycles. The monoisotopic (exact) mass is 717 g/mol. The summed E-state index contributed by atoms with van der Waals surface area (Å²) in [6.45, 7) is 5.27. The van der Waals surface area contributed by atoms with Crippen molar-refractivity contribution >= 4 is 34.8 Å². The van der Waals surface area contributed by atoms with E-state index in [2.05, 4.69) is 15.6 Å². The highest BCUT2D eigenvalue weighted by atomic mass is 16.5. The molecule has 2 heterocycles. The van der Waals surface area contributed by atoms with E-state index in [1.807, 2.05) is 50.2 Å². The minimum Gasteiger partial charge on any atom is -0.449 e. The number of likely N-dealkylation sites (tertiary alicyclic amines) is 1. The number of ether oxygens (including phenoxy) is 2. The minimum absolute atomic E-state index is 0.0858. The van der Waals surface area contributed by atoms with Crippen LogP contribution < -0.4 is 16.4 Å². The number of benzene rings is 2. The summed E-state index contributed by atoms with van der Waals surface area (Å²) in [6, 6.07) is 14.0. The van der Waals surface area contributed by atoms with Gasteiger partial charge in [0, 0.05) is 19.6 Å². The Balaban J connectivity index is 1.37. The van der Waals surface area contributed by atoms with E-state index in [9.17, 15) is 19.2 Å². The van der Waals surface area contributed by atoms with Crippen LogP contribution in [0.1, 0.15) is 94.3 Å². The number of ketones is 1. The van der Waals surface area contributed by atoms with Crippen LogP contribution in [0.25, 0.3) is 11.1 Å². The van der Waals surface area contributed by atoms with Gasteiger partial charge in [0.15, 0.2) is 5.58 Å². The van der Waals surface area contributed by atoms with E-state index in [-0.39, 0.29) is 37.5 Å². The van der Waals surface area contributed by atoms with Crippen LogP contribution in [0.2, 0.25) is 0 Å². The first-order chi connectivity index (χ1) is 25.2. The molecule has 2 aliphatic rings. The highest BCUT2D eigenvalue weighted by molar-refractivity contribution is 6.01. The predicted octanol–water partition coefficient (Wildman–Crippen LogP) is 5.57. The van der Waals surface area contributed by atoms with Crippen LogP contribution in [0.4, 0.5) is 4.79 Å². The smallest absolute Gasteiger partial charge is 0.407 e. The van der Waals surface area contributed by atoms with E-state index in [4.69, 9.17) is 19.6 Å². The molecule has 0 spiro atoms. The van der Waals surface area contributed by atoms with Crippen molar-refractivity contribution in [2.75, 3.05) is 26.3 Å². The van der Waals surface area contributed by atoms with Gasteiger partial charge in [0.2, 0.25) is 17.6 Å². The van der Waals surface area contributed by atoms with Crippen molar-refractivity contribution in [3.63, 3.8) is 0 Å². The molecule has 2 aromatic carbocycles. The molecule has 5 rings (SSSR count). The average molecular weight is 718 g/mol. The molecule has 4 atom stereocenters.